The van der Waals surface area contributed by atoms with Crippen molar-refractivity contribution in [2.45, 2.75) is 65.0 Å². The van der Waals surface area contributed by atoms with Crippen LogP contribution in [0.2, 0.25) is 0 Å². The molecule has 1 heterocycles. The van der Waals surface area contributed by atoms with Crippen molar-refractivity contribution in [2.75, 3.05) is 0 Å². The molecule has 3 nitrogen and oxygen atoms in total. The Balaban J connectivity index is 2.44. The highest BCUT2D eigenvalue weighted by Gasteiger charge is 2.27. The van der Waals surface area contributed by atoms with Crippen molar-refractivity contribution >= 4 is 17.2 Å². The molecule has 1 rings (SSSR count). The van der Waals surface area contributed by atoms with Gasteiger partial charge in [0.05, 0.1) is 18.6 Å². The molecule has 0 aliphatic rings. The predicted octanol–water partition coefficient (Wildman–Crippen LogP) is 3.39. The molecule has 19 heavy (non-hydrogen) atoms. The maximum absolute atomic E-state index is 11.9. The fourth-order valence-electron chi connectivity index (χ4n) is 2.36. The highest BCUT2D eigenvalue weighted by atomic mass is 32.1. The molecule has 1 amide bonds. The largest absolute Gasteiger partial charge is 0.389 e. The highest BCUT2D eigenvalue weighted by molar-refractivity contribution is 7.11. The van der Waals surface area contributed by atoms with Gasteiger partial charge in [0.2, 0.25) is 5.91 Å². The molecule has 0 aliphatic heterocycles. The molecule has 0 saturated carbocycles. The van der Waals surface area contributed by atoms with Gasteiger partial charge in [-0.15, -0.1) is 11.3 Å². The number of carbonyl (C=O) groups is 1. The summed E-state index contributed by atoms with van der Waals surface area (Å²) in [5, 5.41) is 13.3. The Bertz CT molecular complexity index is 395. The monoisotopic (exact) mass is 283 g/mol. The summed E-state index contributed by atoms with van der Waals surface area (Å²) >= 11 is 1.69. The molecular formula is C15H25NO2S. The number of nitrogens with one attached hydrogen (secondary N) is 1. The summed E-state index contributed by atoms with van der Waals surface area (Å²) in [6, 6.07) is 4.08. The molecule has 0 radical (unpaired) electrons. The predicted molar refractivity (Wildman–Crippen MR) is 80.3 cm³/mol. The molecule has 0 fully saturated rings. The highest BCUT2D eigenvalue weighted by Crippen LogP contribution is 2.23. The van der Waals surface area contributed by atoms with Crippen molar-refractivity contribution in [2.24, 2.45) is 0 Å². The van der Waals surface area contributed by atoms with Gasteiger partial charge in [-0.1, -0.05) is 26.7 Å². The maximum atomic E-state index is 11.9. The number of aliphatic hydroxyl groups is 1. The third kappa shape index (κ3) is 5.74. The van der Waals surface area contributed by atoms with E-state index in [1.54, 1.807) is 11.3 Å². The molecule has 0 saturated heterocycles. The van der Waals surface area contributed by atoms with Gasteiger partial charge in [0, 0.05) is 9.75 Å². The van der Waals surface area contributed by atoms with Crippen LogP contribution in [-0.2, 0) is 11.3 Å². The van der Waals surface area contributed by atoms with E-state index in [4.69, 9.17) is 0 Å². The van der Waals surface area contributed by atoms with Crippen LogP contribution in [0.3, 0.4) is 0 Å². The lowest BCUT2D eigenvalue weighted by atomic mass is 9.89. The van der Waals surface area contributed by atoms with Crippen LogP contribution in [0.5, 0.6) is 0 Å². The van der Waals surface area contributed by atoms with Crippen LogP contribution in [-0.4, -0.2) is 16.6 Å². The summed E-state index contributed by atoms with van der Waals surface area (Å²) in [4.78, 5) is 14.3. The molecule has 0 aromatic carbocycles. The zero-order valence-corrected chi connectivity index (χ0v) is 13.0. The number of hydrogen-bond acceptors (Lipinski definition) is 3. The Labute approximate surface area is 120 Å². The fraction of sp³-hybridized carbons (Fsp3) is 0.667. The van der Waals surface area contributed by atoms with Gasteiger partial charge in [-0.05, 0) is 31.9 Å². The van der Waals surface area contributed by atoms with Crippen molar-refractivity contribution < 1.29 is 9.90 Å². The van der Waals surface area contributed by atoms with Gasteiger partial charge >= 0.3 is 0 Å². The standard InChI is InChI=1S/C15H25NO2S/c1-4-8-15(18,9-5-2)10-14(17)16-11-13-7-6-12(3)19-13/h6-7,18H,4-5,8-11H2,1-3H3,(H,16,17). The summed E-state index contributed by atoms with van der Waals surface area (Å²) < 4.78 is 0. The van der Waals surface area contributed by atoms with E-state index in [0.29, 0.717) is 19.4 Å². The minimum absolute atomic E-state index is 0.0598. The van der Waals surface area contributed by atoms with Gasteiger partial charge in [0.25, 0.3) is 0 Å². The first-order valence-corrected chi connectivity index (χ1v) is 7.85. The normalized spacial score (nSPS) is 11.6. The molecular weight excluding hydrogens is 258 g/mol. The minimum Gasteiger partial charge on any atom is -0.389 e. The van der Waals surface area contributed by atoms with Gasteiger partial charge in [0.1, 0.15) is 0 Å². The first kappa shape index (κ1) is 16.2. The average Bonchev–Trinajstić information content (AvgIpc) is 2.73. The van der Waals surface area contributed by atoms with Crippen LogP contribution in [0.1, 0.15) is 55.7 Å². The van der Waals surface area contributed by atoms with E-state index in [2.05, 4.69) is 18.3 Å². The molecule has 0 spiro atoms. The zero-order valence-electron chi connectivity index (χ0n) is 12.2. The third-order valence-corrected chi connectivity index (χ3v) is 4.18. The molecule has 0 bridgehead atoms. The van der Waals surface area contributed by atoms with Crippen molar-refractivity contribution in [1.29, 1.82) is 0 Å². The number of aryl methyl sites for hydroxylation is 1. The van der Waals surface area contributed by atoms with Gasteiger partial charge in [-0.3, -0.25) is 4.79 Å². The van der Waals surface area contributed by atoms with Crippen molar-refractivity contribution in [3.05, 3.63) is 21.9 Å². The fourth-order valence-corrected chi connectivity index (χ4v) is 3.19. The third-order valence-electron chi connectivity index (χ3n) is 3.18. The van der Waals surface area contributed by atoms with Crippen LogP contribution in [0.15, 0.2) is 12.1 Å². The zero-order chi connectivity index (χ0) is 14.3. The molecule has 2 N–H and O–H groups in total. The molecule has 1 aromatic heterocycles. The molecule has 4 heteroatoms. The minimum atomic E-state index is -0.834. The van der Waals surface area contributed by atoms with Gasteiger partial charge < -0.3 is 10.4 Å². The Hall–Kier alpha value is -0.870. The lowest BCUT2D eigenvalue weighted by molar-refractivity contribution is -0.126. The van der Waals surface area contributed by atoms with Crippen LogP contribution in [0, 0.1) is 6.92 Å². The summed E-state index contributed by atoms with van der Waals surface area (Å²) in [7, 11) is 0. The number of hydrogen-bond donors (Lipinski definition) is 2. The van der Waals surface area contributed by atoms with Crippen LogP contribution >= 0.6 is 11.3 Å². The van der Waals surface area contributed by atoms with Gasteiger partial charge in [-0.2, -0.15) is 0 Å². The quantitative estimate of drug-likeness (QED) is 0.768. The van der Waals surface area contributed by atoms with E-state index in [9.17, 15) is 9.90 Å². The van der Waals surface area contributed by atoms with E-state index < -0.39 is 5.60 Å². The van der Waals surface area contributed by atoms with E-state index in [1.165, 1.54) is 4.88 Å². The van der Waals surface area contributed by atoms with E-state index in [1.807, 2.05) is 19.9 Å². The lowest BCUT2D eigenvalue weighted by Gasteiger charge is -2.26. The van der Waals surface area contributed by atoms with Crippen LogP contribution in [0.25, 0.3) is 0 Å². The lowest BCUT2D eigenvalue weighted by Crippen LogP contribution is -2.36. The number of amides is 1. The average molecular weight is 283 g/mol. The summed E-state index contributed by atoms with van der Waals surface area (Å²) in [6.45, 7) is 6.68. The summed E-state index contributed by atoms with van der Waals surface area (Å²) in [5.41, 5.74) is -0.834. The second-order valence-corrected chi connectivity index (χ2v) is 6.56. The molecule has 0 aliphatic carbocycles. The summed E-state index contributed by atoms with van der Waals surface area (Å²) in [5.74, 6) is -0.0598. The van der Waals surface area contributed by atoms with Crippen molar-refractivity contribution in [3.8, 4) is 0 Å². The Morgan fingerprint density at radius 1 is 1.32 bits per heavy atom. The smallest absolute Gasteiger partial charge is 0.223 e. The van der Waals surface area contributed by atoms with Gasteiger partial charge in [-0.25, -0.2) is 0 Å². The Kier molecular flexibility index (Phi) is 6.52. The number of rotatable bonds is 8. The molecule has 0 unspecified atom stereocenters. The molecule has 108 valence electrons. The maximum Gasteiger partial charge on any atom is 0.223 e. The van der Waals surface area contributed by atoms with E-state index in [0.717, 1.165) is 17.7 Å². The van der Waals surface area contributed by atoms with E-state index >= 15 is 0 Å². The first-order valence-electron chi connectivity index (χ1n) is 7.03. The first-order chi connectivity index (χ1) is 8.99. The summed E-state index contributed by atoms with van der Waals surface area (Å²) in [6.07, 6.45) is 3.37. The second-order valence-electron chi connectivity index (χ2n) is 5.19. The number of thiophene rings is 1. The Morgan fingerprint density at radius 3 is 2.42 bits per heavy atom. The topological polar surface area (TPSA) is 49.3 Å². The van der Waals surface area contributed by atoms with Crippen LogP contribution in [0.4, 0.5) is 0 Å². The molecule has 0 atom stereocenters. The number of carbonyl (C=O) groups excluding carboxylic acids is 1. The van der Waals surface area contributed by atoms with E-state index in [-0.39, 0.29) is 12.3 Å². The molecule has 1 aromatic rings. The van der Waals surface area contributed by atoms with Crippen molar-refractivity contribution in [1.82, 2.24) is 5.32 Å². The van der Waals surface area contributed by atoms with Crippen LogP contribution < -0.4 is 5.32 Å². The second kappa shape index (κ2) is 7.65. The Morgan fingerprint density at radius 2 is 1.95 bits per heavy atom. The SMILES string of the molecule is CCCC(O)(CCC)CC(=O)NCc1ccc(C)s1. The van der Waals surface area contributed by atoms with Gasteiger partial charge in [0.15, 0.2) is 0 Å². The van der Waals surface area contributed by atoms with Crippen molar-refractivity contribution in [3.63, 3.8) is 0 Å².